The van der Waals surface area contributed by atoms with Gasteiger partial charge < -0.3 is 30.2 Å². The van der Waals surface area contributed by atoms with Gasteiger partial charge in [-0.25, -0.2) is 9.98 Å². The predicted molar refractivity (Wildman–Crippen MR) is 105 cm³/mol. The lowest BCUT2D eigenvalue weighted by Gasteiger charge is -2.24. The number of aromatic nitrogens is 2. The van der Waals surface area contributed by atoms with Gasteiger partial charge >= 0.3 is 0 Å². The van der Waals surface area contributed by atoms with E-state index in [2.05, 4.69) is 15.3 Å². The van der Waals surface area contributed by atoms with Gasteiger partial charge in [-0.2, -0.15) is 0 Å². The molecule has 2 aliphatic rings. The molecule has 0 aliphatic carbocycles. The lowest BCUT2D eigenvalue weighted by atomic mass is 10.1. The molecule has 0 bridgehead atoms. The highest BCUT2D eigenvalue weighted by Crippen LogP contribution is 2.42. The van der Waals surface area contributed by atoms with Crippen LogP contribution in [-0.4, -0.2) is 46.0 Å². The van der Waals surface area contributed by atoms with Gasteiger partial charge in [-0.05, 0) is 12.1 Å². The summed E-state index contributed by atoms with van der Waals surface area (Å²) < 4.78 is 18.6. The zero-order chi connectivity index (χ0) is 20.1. The average molecular weight is 397 g/mol. The van der Waals surface area contributed by atoms with Crippen molar-refractivity contribution >= 4 is 22.9 Å². The Morgan fingerprint density at radius 3 is 2.69 bits per heavy atom. The van der Waals surface area contributed by atoms with Crippen LogP contribution in [0.15, 0.2) is 29.3 Å². The number of anilines is 1. The fourth-order valence-corrected chi connectivity index (χ4v) is 3.57. The molecule has 0 spiro atoms. The number of benzene rings is 2. The van der Waals surface area contributed by atoms with Gasteiger partial charge in [-0.3, -0.25) is 9.88 Å². The molecule has 5 rings (SSSR count). The lowest BCUT2D eigenvalue weighted by Crippen LogP contribution is -2.31. The number of imidazole rings is 1. The Hall–Kier alpha value is -3.82. The first-order valence-corrected chi connectivity index (χ1v) is 9.07. The molecule has 1 atom stereocenters. The molecule has 0 unspecified atom stereocenters. The molecule has 0 fully saturated rings. The number of phenolic OH excluding ortho intramolecular Hbond substituents is 2. The van der Waals surface area contributed by atoms with E-state index in [1.54, 1.807) is 6.07 Å². The Kier molecular flexibility index (Phi) is 3.79. The number of nitrogens with two attached hydrogens (primary N) is 1. The molecule has 2 aromatic carbocycles. The van der Waals surface area contributed by atoms with E-state index in [-0.39, 0.29) is 23.2 Å². The van der Waals surface area contributed by atoms with Crippen molar-refractivity contribution in [3.05, 3.63) is 29.8 Å². The van der Waals surface area contributed by atoms with Crippen molar-refractivity contribution in [2.45, 2.75) is 12.6 Å². The molecule has 0 amide bonds. The van der Waals surface area contributed by atoms with E-state index in [9.17, 15) is 10.2 Å². The van der Waals surface area contributed by atoms with E-state index < -0.39 is 6.17 Å². The second-order valence-corrected chi connectivity index (χ2v) is 6.75. The number of aliphatic imine (C=N–C) groups is 1. The van der Waals surface area contributed by atoms with Crippen molar-refractivity contribution in [2.24, 2.45) is 10.7 Å². The van der Waals surface area contributed by atoms with Crippen LogP contribution < -0.4 is 25.3 Å². The number of ether oxygens (including phenoxy) is 3. The van der Waals surface area contributed by atoms with Gasteiger partial charge in [0, 0.05) is 24.1 Å². The zero-order valence-corrected chi connectivity index (χ0v) is 15.5. The minimum Gasteiger partial charge on any atom is -0.504 e. The SMILES string of the molecule is COc1cc([C@H]2N=C(N)Nc3nc4cc5c(cc4n32)OCCCO5)cc(O)c1O. The summed E-state index contributed by atoms with van der Waals surface area (Å²) in [4.78, 5) is 9.09. The fraction of sp³-hybridized carbons (Fsp3) is 0.263. The molecule has 10 nitrogen and oxygen atoms in total. The first-order valence-electron chi connectivity index (χ1n) is 9.07. The van der Waals surface area contributed by atoms with Gasteiger partial charge in [0.2, 0.25) is 11.7 Å². The first-order chi connectivity index (χ1) is 14.0. The van der Waals surface area contributed by atoms with E-state index in [4.69, 9.17) is 19.9 Å². The Labute approximate surface area is 165 Å². The molecular formula is C19H19N5O5. The maximum atomic E-state index is 10.1. The summed E-state index contributed by atoms with van der Waals surface area (Å²) in [6.07, 6.45) is 0.163. The van der Waals surface area contributed by atoms with E-state index >= 15 is 0 Å². The summed E-state index contributed by atoms with van der Waals surface area (Å²) in [6, 6.07) is 6.70. The monoisotopic (exact) mass is 397 g/mol. The standard InChI is InChI=1S/C19H19N5O5/c1-27-15-6-9(5-12(25)16(15)26)17-22-18(20)23-19-21-10-7-13-14(8-11(10)24(17)19)29-4-2-3-28-13/h5-8,17,25-26H,2-4H2,1H3,(H3,20,21,22,23)/t17-/m0/s1. The van der Waals surface area contributed by atoms with Gasteiger partial charge in [-0.1, -0.05) is 0 Å². The maximum absolute atomic E-state index is 10.1. The molecule has 5 N–H and O–H groups in total. The number of nitrogens with one attached hydrogen (secondary N) is 1. The van der Waals surface area contributed by atoms with Crippen LogP contribution in [0.5, 0.6) is 28.7 Å². The predicted octanol–water partition coefficient (Wildman–Crippen LogP) is 1.90. The van der Waals surface area contributed by atoms with Crippen molar-refractivity contribution in [3.8, 4) is 28.7 Å². The van der Waals surface area contributed by atoms with Crippen LogP contribution in [-0.2, 0) is 0 Å². The highest BCUT2D eigenvalue weighted by Gasteiger charge is 2.28. The van der Waals surface area contributed by atoms with Crippen molar-refractivity contribution in [3.63, 3.8) is 0 Å². The summed E-state index contributed by atoms with van der Waals surface area (Å²) in [5.41, 5.74) is 7.97. The molecule has 1 aromatic heterocycles. The molecule has 2 aliphatic heterocycles. The second-order valence-electron chi connectivity index (χ2n) is 6.75. The number of guanidine groups is 1. The molecule has 150 valence electrons. The quantitative estimate of drug-likeness (QED) is 0.481. The molecule has 0 saturated carbocycles. The lowest BCUT2D eigenvalue weighted by molar-refractivity contribution is 0.297. The number of nitrogens with zero attached hydrogens (tertiary/aromatic N) is 3. The molecule has 3 aromatic rings. The van der Waals surface area contributed by atoms with Crippen molar-refractivity contribution in [1.29, 1.82) is 0 Å². The number of fused-ring (bicyclic) bond motifs is 4. The number of phenols is 2. The third-order valence-electron chi connectivity index (χ3n) is 4.90. The third-order valence-corrected chi connectivity index (χ3v) is 4.90. The summed E-state index contributed by atoms with van der Waals surface area (Å²) in [5.74, 6) is 1.41. The number of rotatable bonds is 2. The van der Waals surface area contributed by atoms with Crippen LogP contribution in [0, 0.1) is 0 Å². The number of aromatic hydroxyl groups is 2. The minimum atomic E-state index is -0.638. The third kappa shape index (κ3) is 2.72. The molecule has 10 heteroatoms. The van der Waals surface area contributed by atoms with Gasteiger partial charge in [0.25, 0.3) is 0 Å². The number of methoxy groups -OCH3 is 1. The van der Waals surface area contributed by atoms with Gasteiger partial charge in [0.1, 0.15) is 0 Å². The average Bonchev–Trinajstić information content (AvgIpc) is 2.89. The summed E-state index contributed by atoms with van der Waals surface area (Å²) in [7, 11) is 1.41. The first kappa shape index (κ1) is 17.3. The van der Waals surface area contributed by atoms with Crippen LogP contribution >= 0.6 is 0 Å². The Balaban J connectivity index is 1.71. The van der Waals surface area contributed by atoms with Gasteiger partial charge in [0.05, 0.1) is 31.4 Å². The van der Waals surface area contributed by atoms with Crippen LogP contribution in [0.3, 0.4) is 0 Å². The van der Waals surface area contributed by atoms with E-state index in [1.807, 2.05) is 16.7 Å². The van der Waals surface area contributed by atoms with E-state index in [0.717, 1.165) is 11.9 Å². The second kappa shape index (κ2) is 6.36. The molecular weight excluding hydrogens is 378 g/mol. The Morgan fingerprint density at radius 1 is 1.17 bits per heavy atom. The van der Waals surface area contributed by atoms with Gasteiger partial charge in [0.15, 0.2) is 35.1 Å². The summed E-state index contributed by atoms with van der Waals surface area (Å²) >= 11 is 0. The maximum Gasteiger partial charge on any atom is 0.212 e. The fourth-order valence-electron chi connectivity index (χ4n) is 3.57. The largest absolute Gasteiger partial charge is 0.504 e. The smallest absolute Gasteiger partial charge is 0.212 e. The van der Waals surface area contributed by atoms with Crippen LogP contribution in [0.2, 0.25) is 0 Å². The normalized spacial score (nSPS) is 17.8. The van der Waals surface area contributed by atoms with Crippen LogP contribution in [0.4, 0.5) is 5.95 Å². The van der Waals surface area contributed by atoms with E-state index in [0.29, 0.717) is 41.7 Å². The van der Waals surface area contributed by atoms with E-state index in [1.165, 1.54) is 13.2 Å². The number of hydrogen-bond acceptors (Lipinski definition) is 9. The minimum absolute atomic E-state index is 0.129. The Bertz CT molecular complexity index is 1160. The van der Waals surface area contributed by atoms with Gasteiger partial charge in [-0.15, -0.1) is 0 Å². The topological polar surface area (TPSA) is 136 Å². The van der Waals surface area contributed by atoms with Crippen LogP contribution in [0.25, 0.3) is 11.0 Å². The number of hydrogen-bond donors (Lipinski definition) is 4. The highest BCUT2D eigenvalue weighted by molar-refractivity contribution is 5.95. The van der Waals surface area contributed by atoms with Crippen LogP contribution in [0.1, 0.15) is 18.2 Å². The van der Waals surface area contributed by atoms with Crippen molar-refractivity contribution in [2.75, 3.05) is 25.6 Å². The molecule has 0 radical (unpaired) electrons. The van der Waals surface area contributed by atoms with Crippen molar-refractivity contribution < 1.29 is 24.4 Å². The van der Waals surface area contributed by atoms with Crippen molar-refractivity contribution in [1.82, 2.24) is 9.55 Å². The Morgan fingerprint density at radius 2 is 1.93 bits per heavy atom. The molecule has 3 heterocycles. The zero-order valence-electron chi connectivity index (χ0n) is 15.5. The molecule has 0 saturated heterocycles. The highest BCUT2D eigenvalue weighted by atomic mass is 16.5. The summed E-state index contributed by atoms with van der Waals surface area (Å²) in [6.45, 7) is 1.14. The summed E-state index contributed by atoms with van der Waals surface area (Å²) in [5, 5.41) is 23.0. The molecule has 29 heavy (non-hydrogen) atoms.